The fourth-order valence-electron chi connectivity index (χ4n) is 12.5. The van der Waals surface area contributed by atoms with Crippen LogP contribution in [0.5, 0.6) is 0 Å². The molecule has 2 heteroatoms. The zero-order valence-electron chi connectivity index (χ0n) is 46.5. The normalized spacial score (nSPS) is 13.5. The van der Waals surface area contributed by atoms with E-state index in [1.165, 1.54) is 100 Å². The van der Waals surface area contributed by atoms with Crippen molar-refractivity contribution in [3.63, 3.8) is 0 Å². The molecule has 80 heavy (non-hydrogen) atoms. The third kappa shape index (κ3) is 9.17. The Labute approximate surface area is 473 Å². The molecule has 0 aliphatic heterocycles. The third-order valence-electron chi connectivity index (χ3n) is 16.7. The van der Waals surface area contributed by atoms with Gasteiger partial charge in [0.05, 0.1) is 11.4 Å². The van der Waals surface area contributed by atoms with E-state index in [1.807, 2.05) is 0 Å². The first-order valence-corrected chi connectivity index (χ1v) is 28.1. The van der Waals surface area contributed by atoms with E-state index in [0.717, 1.165) is 34.1 Å². The molecule has 0 atom stereocenters. The zero-order valence-corrected chi connectivity index (χ0v) is 46.5. The number of hydrogen-bond donors (Lipinski definition) is 0. The van der Waals surface area contributed by atoms with Crippen LogP contribution in [-0.4, -0.2) is 0 Å². The Bertz CT molecular complexity index is 3920. The number of benzene rings is 11. The molecule has 11 aromatic rings. The first-order chi connectivity index (χ1) is 39.0. The highest BCUT2D eigenvalue weighted by Gasteiger charge is 2.38. The molecule has 2 aliphatic carbocycles. The minimum Gasteiger partial charge on any atom is -0.310 e. The van der Waals surface area contributed by atoms with E-state index >= 15 is 0 Å². The first-order valence-electron chi connectivity index (χ1n) is 28.1. The van der Waals surface area contributed by atoms with E-state index in [-0.39, 0.29) is 10.8 Å². The summed E-state index contributed by atoms with van der Waals surface area (Å²) in [7, 11) is 0. The van der Waals surface area contributed by atoms with Gasteiger partial charge in [-0.25, -0.2) is 0 Å². The molecule has 0 radical (unpaired) electrons. The van der Waals surface area contributed by atoms with Crippen LogP contribution in [-0.2, 0) is 10.8 Å². The Balaban J connectivity index is 0.730. The van der Waals surface area contributed by atoms with Crippen LogP contribution >= 0.6 is 0 Å². The molecule has 13 rings (SSSR count). The third-order valence-corrected chi connectivity index (χ3v) is 16.7. The second kappa shape index (κ2) is 20.4. The number of nitrogens with zero attached hydrogens (tertiary/aromatic N) is 2. The van der Waals surface area contributed by atoms with Crippen molar-refractivity contribution >= 4 is 58.4 Å². The molecule has 0 heterocycles. The number of anilines is 6. The average molecular weight is 1030 g/mol. The number of fused-ring (bicyclic) bond motifs is 6. The lowest BCUT2D eigenvalue weighted by atomic mass is 9.81. The van der Waals surface area contributed by atoms with Gasteiger partial charge in [-0.3, -0.25) is 0 Å². The second-order valence-electron chi connectivity index (χ2n) is 22.8. The minimum atomic E-state index is -0.197. The second-order valence-corrected chi connectivity index (χ2v) is 22.8. The quantitative estimate of drug-likeness (QED) is 0.113. The van der Waals surface area contributed by atoms with Gasteiger partial charge < -0.3 is 9.80 Å². The summed E-state index contributed by atoms with van der Waals surface area (Å²) in [6.45, 7) is 13.9. The van der Waals surface area contributed by atoms with Crippen molar-refractivity contribution in [3.05, 3.63) is 310 Å². The number of hydrogen-bond acceptors (Lipinski definition) is 2. The molecule has 0 amide bonds. The van der Waals surface area contributed by atoms with E-state index in [0.29, 0.717) is 0 Å². The van der Waals surface area contributed by atoms with Gasteiger partial charge in [0, 0.05) is 44.7 Å². The average Bonchev–Trinajstić information content (AvgIpc) is 3.88. The first kappa shape index (κ1) is 50.0. The molecule has 386 valence electrons. The molecule has 0 bridgehead atoms. The van der Waals surface area contributed by atoms with Gasteiger partial charge in [0.25, 0.3) is 0 Å². The van der Waals surface area contributed by atoms with Crippen molar-refractivity contribution in [2.45, 2.75) is 52.4 Å². The monoisotopic (exact) mass is 1030 g/mol. The standard InChI is InChI=1S/C78H64N2/c1-53-19-17-25-61(47-53)79(75-29-15-13-27-65(75)59-21-9-7-10-22-59)63-41-45-69-67-43-39-57(49-71(67)77(3,4)73(69)51-63)37-35-55-31-33-56(34-32-55)36-38-58-40-44-68-70-46-42-64(52-74(70)78(5,6)72(68)50-58)80(62-26-18-20-54(2)48-62)76-30-16-14-28-66(76)60-23-11-8-12-24-60/h7-52H,1-6H3/b37-35+,38-36+. The summed E-state index contributed by atoms with van der Waals surface area (Å²) >= 11 is 0. The van der Waals surface area contributed by atoms with Crippen LogP contribution in [0.3, 0.4) is 0 Å². The van der Waals surface area contributed by atoms with Gasteiger partial charge in [-0.2, -0.15) is 0 Å². The van der Waals surface area contributed by atoms with Gasteiger partial charge in [-0.1, -0.05) is 246 Å². The highest BCUT2D eigenvalue weighted by atomic mass is 15.2. The summed E-state index contributed by atoms with van der Waals surface area (Å²) < 4.78 is 0. The van der Waals surface area contributed by atoms with E-state index in [9.17, 15) is 0 Å². The molecule has 11 aromatic carbocycles. The van der Waals surface area contributed by atoms with Gasteiger partial charge in [0.2, 0.25) is 0 Å². The molecule has 0 N–H and O–H groups in total. The summed E-state index contributed by atoms with van der Waals surface area (Å²) in [5.74, 6) is 0. The van der Waals surface area contributed by atoms with Gasteiger partial charge in [-0.15, -0.1) is 0 Å². The van der Waals surface area contributed by atoms with Gasteiger partial charge in [0.1, 0.15) is 0 Å². The Morgan fingerprint density at radius 3 is 0.988 bits per heavy atom. The van der Waals surface area contributed by atoms with Crippen LogP contribution in [0.15, 0.2) is 255 Å². The summed E-state index contributed by atoms with van der Waals surface area (Å²) in [4.78, 5) is 4.86. The summed E-state index contributed by atoms with van der Waals surface area (Å²) in [6.07, 6.45) is 8.99. The fourth-order valence-corrected chi connectivity index (χ4v) is 12.5. The molecule has 2 nitrogen and oxygen atoms in total. The molecular formula is C78H64N2. The maximum absolute atomic E-state index is 2.43. The summed E-state index contributed by atoms with van der Waals surface area (Å²) in [6, 6.07) is 93.7. The Morgan fingerprint density at radius 1 is 0.263 bits per heavy atom. The van der Waals surface area contributed by atoms with Gasteiger partial charge >= 0.3 is 0 Å². The highest BCUT2D eigenvalue weighted by Crippen LogP contribution is 2.54. The van der Waals surface area contributed by atoms with Crippen LogP contribution in [0.1, 0.15) is 83.3 Å². The smallest absolute Gasteiger partial charge is 0.0540 e. The lowest BCUT2D eigenvalue weighted by molar-refractivity contribution is 0.660. The predicted octanol–water partition coefficient (Wildman–Crippen LogP) is 21.5. The van der Waals surface area contributed by atoms with Crippen molar-refractivity contribution in [1.82, 2.24) is 0 Å². The molecule has 0 spiro atoms. The Kier molecular flexibility index (Phi) is 12.7. The molecule has 0 aromatic heterocycles. The number of rotatable bonds is 12. The summed E-state index contributed by atoms with van der Waals surface area (Å²) in [5.41, 5.74) is 29.1. The molecular weight excluding hydrogens is 965 g/mol. The lowest BCUT2D eigenvalue weighted by Crippen LogP contribution is -2.17. The predicted molar refractivity (Wildman–Crippen MR) is 342 cm³/mol. The van der Waals surface area contributed by atoms with E-state index in [1.54, 1.807) is 0 Å². The topological polar surface area (TPSA) is 6.48 Å². The van der Waals surface area contributed by atoms with Crippen LogP contribution in [0.4, 0.5) is 34.1 Å². The fraction of sp³-hybridized carbons (Fsp3) is 0.103. The van der Waals surface area contributed by atoms with Crippen LogP contribution in [0.2, 0.25) is 0 Å². The van der Waals surface area contributed by atoms with Crippen molar-refractivity contribution in [3.8, 4) is 44.5 Å². The SMILES string of the molecule is Cc1cccc(N(c2ccc3c(c2)C(C)(C)c2cc(/C=C/c4ccc(/C=C/c5ccc6c(c5)C(C)(C)c5cc(N(c7cccc(C)c7)c7ccccc7-c7ccccc7)ccc5-6)cc4)ccc2-3)c2ccccc2-c2ccccc2)c1. The number of para-hydroxylation sites is 2. The Hall–Kier alpha value is -9.50. The van der Waals surface area contributed by atoms with Gasteiger partial charge in [-0.05, 0) is 164 Å². The molecule has 0 saturated heterocycles. The van der Waals surface area contributed by atoms with Crippen molar-refractivity contribution < 1.29 is 0 Å². The van der Waals surface area contributed by atoms with Gasteiger partial charge in [0.15, 0.2) is 0 Å². The van der Waals surface area contributed by atoms with Crippen molar-refractivity contribution in [1.29, 1.82) is 0 Å². The molecule has 0 unspecified atom stereocenters. The maximum atomic E-state index is 2.43. The van der Waals surface area contributed by atoms with Crippen LogP contribution in [0, 0.1) is 13.8 Å². The van der Waals surface area contributed by atoms with E-state index in [4.69, 9.17) is 0 Å². The maximum Gasteiger partial charge on any atom is 0.0540 e. The van der Waals surface area contributed by atoms with E-state index in [2.05, 4.69) is 330 Å². The largest absolute Gasteiger partial charge is 0.310 e. The van der Waals surface area contributed by atoms with Crippen molar-refractivity contribution in [2.75, 3.05) is 9.80 Å². The minimum absolute atomic E-state index is 0.197. The molecule has 2 aliphatic rings. The lowest BCUT2D eigenvalue weighted by Gasteiger charge is -2.30. The zero-order chi connectivity index (χ0) is 54.5. The van der Waals surface area contributed by atoms with Crippen LogP contribution in [0.25, 0.3) is 68.8 Å². The Morgan fingerprint density at radius 2 is 0.588 bits per heavy atom. The molecule has 0 fully saturated rings. The van der Waals surface area contributed by atoms with Crippen molar-refractivity contribution in [2.24, 2.45) is 0 Å². The summed E-state index contributed by atoms with van der Waals surface area (Å²) in [5, 5.41) is 0. The molecule has 0 saturated carbocycles. The van der Waals surface area contributed by atoms with E-state index < -0.39 is 0 Å². The van der Waals surface area contributed by atoms with Crippen LogP contribution < -0.4 is 9.80 Å². The number of aryl methyl sites for hydroxylation is 2. The highest BCUT2D eigenvalue weighted by molar-refractivity contribution is 5.93.